The van der Waals surface area contributed by atoms with Crippen LogP contribution in [-0.4, -0.2) is 35.7 Å². The van der Waals surface area contributed by atoms with Gasteiger partial charge >= 0.3 is 17.9 Å². The third-order valence-corrected chi connectivity index (χ3v) is 2.48. The number of esters is 2. The molecule has 0 spiro atoms. The third-order valence-electron chi connectivity index (χ3n) is 2.48. The average molecular weight is 292 g/mol. The lowest BCUT2D eigenvalue weighted by atomic mass is 10.1. The van der Waals surface area contributed by atoms with Gasteiger partial charge in [-0.15, -0.1) is 0 Å². The van der Waals surface area contributed by atoms with E-state index in [9.17, 15) is 14.4 Å². The normalized spacial score (nSPS) is 11.3. The molecule has 1 rings (SSSR count). The minimum Gasteiger partial charge on any atom is -0.478 e. The molecule has 0 aliphatic heterocycles. The lowest BCUT2D eigenvalue weighted by Crippen LogP contribution is -2.23. The fourth-order valence-corrected chi connectivity index (χ4v) is 1.44. The van der Waals surface area contributed by atoms with Crippen LogP contribution in [-0.2, 0) is 14.3 Å². The van der Waals surface area contributed by atoms with Gasteiger partial charge in [-0.1, -0.05) is 18.7 Å². The maximum atomic E-state index is 11.9. The van der Waals surface area contributed by atoms with Crippen molar-refractivity contribution in [1.82, 2.24) is 0 Å². The average Bonchev–Trinajstić information content (AvgIpc) is 2.44. The number of carboxylic acids is 1. The Bertz CT molecular complexity index is 575. The molecule has 1 aromatic rings. The quantitative estimate of drug-likeness (QED) is 0.637. The van der Waals surface area contributed by atoms with Crippen molar-refractivity contribution in [3.63, 3.8) is 0 Å². The minimum absolute atomic E-state index is 0.0527. The van der Waals surface area contributed by atoms with Crippen LogP contribution < -0.4 is 0 Å². The van der Waals surface area contributed by atoms with Crippen molar-refractivity contribution in [3.05, 3.63) is 47.5 Å². The lowest BCUT2D eigenvalue weighted by molar-refractivity contribution is -0.141. The number of benzene rings is 1. The summed E-state index contributed by atoms with van der Waals surface area (Å²) in [4.78, 5) is 34.1. The summed E-state index contributed by atoms with van der Waals surface area (Å²) < 4.78 is 9.90. The maximum absolute atomic E-state index is 11.9. The first-order chi connectivity index (χ1) is 9.82. The Labute approximate surface area is 122 Å². The van der Waals surface area contributed by atoms with Crippen LogP contribution in [0.4, 0.5) is 0 Å². The predicted molar refractivity (Wildman–Crippen MR) is 74.1 cm³/mol. The number of carbonyl (C=O) groups is 3. The summed E-state index contributed by atoms with van der Waals surface area (Å²) in [5.41, 5.74) is 0.0430. The highest BCUT2D eigenvalue weighted by Crippen LogP contribution is 2.11. The summed E-state index contributed by atoms with van der Waals surface area (Å²) in [6.45, 7) is 6.33. The monoisotopic (exact) mass is 292 g/mol. The summed E-state index contributed by atoms with van der Waals surface area (Å²) in [5, 5.41) is 9.00. The molecule has 21 heavy (non-hydrogen) atoms. The fraction of sp³-hybridized carbons (Fsp3) is 0.267. The second-order valence-corrected chi connectivity index (χ2v) is 4.45. The smallest absolute Gasteiger partial charge is 0.339 e. The van der Waals surface area contributed by atoms with Crippen LogP contribution in [0.3, 0.4) is 0 Å². The summed E-state index contributed by atoms with van der Waals surface area (Å²) >= 11 is 0. The molecule has 0 unspecified atom stereocenters. The van der Waals surface area contributed by atoms with Crippen LogP contribution in [0.15, 0.2) is 36.4 Å². The van der Waals surface area contributed by atoms with E-state index in [0.29, 0.717) is 0 Å². The third kappa shape index (κ3) is 4.76. The summed E-state index contributed by atoms with van der Waals surface area (Å²) in [6, 6.07) is 5.72. The van der Waals surface area contributed by atoms with E-state index in [4.69, 9.17) is 14.6 Å². The number of rotatable bonds is 6. The number of aromatic carboxylic acids is 1. The summed E-state index contributed by atoms with van der Waals surface area (Å²) in [7, 11) is 0. The van der Waals surface area contributed by atoms with Crippen LogP contribution in [0, 0.1) is 0 Å². The highest BCUT2D eigenvalue weighted by Gasteiger charge is 2.19. The number of ether oxygens (including phenoxy) is 2. The molecule has 112 valence electrons. The van der Waals surface area contributed by atoms with Gasteiger partial charge in [-0.3, -0.25) is 0 Å². The van der Waals surface area contributed by atoms with Crippen molar-refractivity contribution in [3.8, 4) is 0 Å². The van der Waals surface area contributed by atoms with E-state index in [0.717, 1.165) is 0 Å². The molecule has 0 saturated carbocycles. The van der Waals surface area contributed by atoms with E-state index in [2.05, 4.69) is 6.58 Å². The van der Waals surface area contributed by atoms with Crippen LogP contribution in [0.25, 0.3) is 0 Å². The van der Waals surface area contributed by atoms with E-state index in [-0.39, 0.29) is 23.3 Å². The van der Waals surface area contributed by atoms with E-state index in [1.807, 2.05) is 0 Å². The van der Waals surface area contributed by atoms with Crippen LogP contribution in [0.5, 0.6) is 0 Å². The van der Waals surface area contributed by atoms with Crippen LogP contribution in [0.1, 0.15) is 34.6 Å². The Morgan fingerprint density at radius 2 is 1.81 bits per heavy atom. The molecule has 1 aromatic carbocycles. The van der Waals surface area contributed by atoms with Crippen LogP contribution >= 0.6 is 0 Å². The molecule has 0 fully saturated rings. The number of carbonyl (C=O) groups excluding carboxylic acids is 2. The summed E-state index contributed by atoms with van der Waals surface area (Å²) in [6.07, 6.45) is -0.706. The molecule has 0 radical (unpaired) electrons. The molecule has 0 aromatic heterocycles. The van der Waals surface area contributed by atoms with Gasteiger partial charge in [-0.05, 0) is 26.0 Å². The predicted octanol–water partition coefficient (Wildman–Crippen LogP) is 2.05. The van der Waals surface area contributed by atoms with Crippen molar-refractivity contribution in [2.75, 3.05) is 6.61 Å². The van der Waals surface area contributed by atoms with Gasteiger partial charge in [0.2, 0.25) is 0 Å². The zero-order valence-corrected chi connectivity index (χ0v) is 11.8. The first-order valence-electron chi connectivity index (χ1n) is 6.19. The number of hydrogen-bond donors (Lipinski definition) is 1. The Morgan fingerprint density at radius 3 is 2.33 bits per heavy atom. The second-order valence-electron chi connectivity index (χ2n) is 4.45. The van der Waals surface area contributed by atoms with E-state index in [1.165, 1.54) is 38.1 Å². The highest BCUT2D eigenvalue weighted by molar-refractivity contribution is 6.02. The van der Waals surface area contributed by atoms with Gasteiger partial charge in [0.25, 0.3) is 0 Å². The molecule has 6 nitrogen and oxygen atoms in total. The van der Waals surface area contributed by atoms with Crippen molar-refractivity contribution in [2.24, 2.45) is 0 Å². The first-order valence-corrected chi connectivity index (χ1v) is 6.19. The molecule has 1 N–H and O–H groups in total. The minimum atomic E-state index is -1.22. The molecule has 0 aliphatic rings. The second kappa shape index (κ2) is 7.23. The van der Waals surface area contributed by atoms with Gasteiger partial charge in [-0.25, -0.2) is 14.4 Å². The van der Waals surface area contributed by atoms with Crippen molar-refractivity contribution < 1.29 is 29.0 Å². The topological polar surface area (TPSA) is 89.9 Å². The van der Waals surface area contributed by atoms with E-state index < -0.39 is 24.0 Å². The highest BCUT2D eigenvalue weighted by atomic mass is 16.6. The van der Waals surface area contributed by atoms with Gasteiger partial charge in [0.15, 0.2) is 0 Å². The number of carboxylic acid groups (broad SMARTS) is 1. The molecule has 0 saturated heterocycles. The molecule has 0 heterocycles. The molecular formula is C15H16O6. The Hall–Kier alpha value is -2.63. The molecule has 6 heteroatoms. The first kappa shape index (κ1) is 16.4. The van der Waals surface area contributed by atoms with Gasteiger partial charge < -0.3 is 14.6 Å². The Balaban J connectivity index is 2.67. The van der Waals surface area contributed by atoms with Gasteiger partial charge in [0.1, 0.15) is 12.7 Å². The van der Waals surface area contributed by atoms with Crippen molar-refractivity contribution >= 4 is 17.9 Å². The lowest BCUT2D eigenvalue weighted by Gasteiger charge is -2.14. The molecule has 0 amide bonds. The van der Waals surface area contributed by atoms with Gasteiger partial charge in [-0.2, -0.15) is 0 Å². The standard InChI is InChI=1S/C15H16O6/c1-9(2)14(18)20-8-10(3)21-15(19)12-7-5-4-6-11(12)13(16)17/h4-7,10H,1,8H2,2-3H3,(H,16,17)/t10-/m1/s1. The zero-order chi connectivity index (χ0) is 16.0. The van der Waals surface area contributed by atoms with Crippen LogP contribution in [0.2, 0.25) is 0 Å². The van der Waals surface area contributed by atoms with E-state index in [1.54, 1.807) is 0 Å². The van der Waals surface area contributed by atoms with E-state index >= 15 is 0 Å². The molecule has 0 bridgehead atoms. The molecular weight excluding hydrogens is 276 g/mol. The Kier molecular flexibility index (Phi) is 5.66. The zero-order valence-electron chi connectivity index (χ0n) is 11.8. The summed E-state index contributed by atoms with van der Waals surface area (Å²) in [5.74, 6) is -2.58. The molecule has 1 atom stereocenters. The maximum Gasteiger partial charge on any atom is 0.339 e. The van der Waals surface area contributed by atoms with Gasteiger partial charge in [0, 0.05) is 5.57 Å². The Morgan fingerprint density at radius 1 is 1.24 bits per heavy atom. The largest absolute Gasteiger partial charge is 0.478 e. The SMILES string of the molecule is C=C(C)C(=O)OC[C@@H](C)OC(=O)c1ccccc1C(=O)O. The molecule has 0 aliphatic carbocycles. The fourth-order valence-electron chi connectivity index (χ4n) is 1.44. The van der Waals surface area contributed by atoms with Crippen molar-refractivity contribution in [1.29, 1.82) is 0 Å². The van der Waals surface area contributed by atoms with Crippen molar-refractivity contribution in [2.45, 2.75) is 20.0 Å². The van der Waals surface area contributed by atoms with Gasteiger partial charge in [0.05, 0.1) is 11.1 Å². The number of hydrogen-bond acceptors (Lipinski definition) is 5.